The third-order valence-electron chi connectivity index (χ3n) is 3.73. The summed E-state index contributed by atoms with van der Waals surface area (Å²) >= 11 is 0. The molecule has 3 heterocycles. The Morgan fingerprint density at radius 3 is 3.04 bits per heavy atom. The zero-order chi connectivity index (χ0) is 17.1. The predicted octanol–water partition coefficient (Wildman–Crippen LogP) is 2.30. The van der Waals surface area contributed by atoms with Gasteiger partial charge < -0.3 is 15.8 Å². The summed E-state index contributed by atoms with van der Waals surface area (Å²) in [6.45, 7) is 6.48. The number of hydrogen-bond acceptors (Lipinski definition) is 6. The molecule has 0 fully saturated rings. The van der Waals surface area contributed by atoms with Crippen LogP contribution in [-0.4, -0.2) is 33.4 Å². The molecule has 0 aromatic carbocycles. The maximum atomic E-state index is 6.05. The Balaban J connectivity index is 1.68. The van der Waals surface area contributed by atoms with Crippen LogP contribution in [0.3, 0.4) is 0 Å². The maximum absolute atomic E-state index is 6.05. The number of nitrogens with one attached hydrogen (secondary N) is 1. The van der Waals surface area contributed by atoms with Gasteiger partial charge in [-0.15, -0.1) is 0 Å². The van der Waals surface area contributed by atoms with Crippen LogP contribution >= 0.6 is 0 Å². The molecule has 3 rings (SSSR count). The number of aromatic nitrogens is 3. The minimum Gasteiger partial charge on any atom is -0.488 e. The minimum absolute atomic E-state index is 0.259. The molecule has 0 saturated carbocycles. The van der Waals surface area contributed by atoms with Gasteiger partial charge in [0.25, 0.3) is 0 Å². The normalized spacial score (nSPS) is 17.0. The molecule has 0 radical (unpaired) electrons. The van der Waals surface area contributed by atoms with Crippen molar-refractivity contribution in [3.05, 3.63) is 35.4 Å². The fourth-order valence-electron chi connectivity index (χ4n) is 2.41. The zero-order valence-electron chi connectivity index (χ0n) is 14.2. The lowest BCUT2D eigenvalue weighted by Gasteiger charge is -2.24. The summed E-state index contributed by atoms with van der Waals surface area (Å²) in [5, 5.41) is 3.33. The van der Waals surface area contributed by atoms with E-state index in [0.717, 1.165) is 28.6 Å². The van der Waals surface area contributed by atoms with Gasteiger partial charge in [0.05, 0.1) is 17.4 Å². The summed E-state index contributed by atoms with van der Waals surface area (Å²) in [6.07, 6.45) is 3.03. The number of aliphatic imine (C=N–C) groups is 1. The fourth-order valence-corrected chi connectivity index (χ4v) is 2.41. The number of amidine groups is 1. The van der Waals surface area contributed by atoms with Gasteiger partial charge in [-0.3, -0.25) is 4.98 Å². The van der Waals surface area contributed by atoms with E-state index in [1.165, 1.54) is 0 Å². The second-order valence-corrected chi connectivity index (χ2v) is 6.03. The van der Waals surface area contributed by atoms with Gasteiger partial charge in [0.2, 0.25) is 0 Å². The van der Waals surface area contributed by atoms with Crippen molar-refractivity contribution in [1.82, 2.24) is 15.0 Å². The highest BCUT2D eigenvalue weighted by atomic mass is 16.5. The van der Waals surface area contributed by atoms with Gasteiger partial charge in [-0.05, 0) is 39.3 Å². The molecule has 1 aliphatic heterocycles. The van der Waals surface area contributed by atoms with Gasteiger partial charge in [0.15, 0.2) is 17.4 Å². The molecule has 0 saturated heterocycles. The highest BCUT2D eigenvalue weighted by Gasteiger charge is 2.16. The van der Waals surface area contributed by atoms with Crippen molar-refractivity contribution in [3.63, 3.8) is 0 Å². The summed E-state index contributed by atoms with van der Waals surface area (Å²) in [5.41, 5.74) is 8.59. The first-order chi connectivity index (χ1) is 11.5. The standard InChI is InChI=1S/C17H22N6O/c1-10-8-19-12(3)16(20-10)23-15(18)7-5-13-4-6-14-17(22-13)21-11(2)9-24-14/h4,6,8,11H,5,7,9H2,1-3H3,(H,21,22)(H2,18,20,23). The first-order valence-corrected chi connectivity index (χ1v) is 8.04. The van der Waals surface area contributed by atoms with Crippen LogP contribution in [0.1, 0.15) is 30.4 Å². The van der Waals surface area contributed by atoms with Crippen molar-refractivity contribution in [2.75, 3.05) is 11.9 Å². The van der Waals surface area contributed by atoms with Gasteiger partial charge in [0, 0.05) is 18.3 Å². The molecule has 1 aliphatic rings. The van der Waals surface area contributed by atoms with Crippen LogP contribution < -0.4 is 15.8 Å². The van der Waals surface area contributed by atoms with Crippen LogP contribution in [0.15, 0.2) is 23.3 Å². The first kappa shape index (κ1) is 16.2. The molecule has 0 amide bonds. The number of anilines is 1. The second-order valence-electron chi connectivity index (χ2n) is 6.03. The average Bonchev–Trinajstić information content (AvgIpc) is 2.56. The van der Waals surface area contributed by atoms with Crippen molar-refractivity contribution in [1.29, 1.82) is 0 Å². The monoisotopic (exact) mass is 326 g/mol. The van der Waals surface area contributed by atoms with Crippen LogP contribution in [0.4, 0.5) is 11.6 Å². The van der Waals surface area contributed by atoms with E-state index in [0.29, 0.717) is 31.1 Å². The van der Waals surface area contributed by atoms with E-state index in [9.17, 15) is 0 Å². The average molecular weight is 326 g/mol. The molecule has 24 heavy (non-hydrogen) atoms. The molecule has 0 bridgehead atoms. The van der Waals surface area contributed by atoms with Gasteiger partial charge in [-0.2, -0.15) is 0 Å². The summed E-state index contributed by atoms with van der Waals surface area (Å²) in [4.78, 5) is 17.6. The van der Waals surface area contributed by atoms with Gasteiger partial charge in [0.1, 0.15) is 12.4 Å². The quantitative estimate of drug-likeness (QED) is 0.661. The van der Waals surface area contributed by atoms with E-state index in [-0.39, 0.29) is 6.04 Å². The molecule has 126 valence electrons. The van der Waals surface area contributed by atoms with Crippen molar-refractivity contribution < 1.29 is 4.74 Å². The molecule has 0 aliphatic carbocycles. The van der Waals surface area contributed by atoms with E-state index in [4.69, 9.17) is 10.5 Å². The topological polar surface area (TPSA) is 98.3 Å². The van der Waals surface area contributed by atoms with E-state index in [1.807, 2.05) is 26.0 Å². The summed E-state index contributed by atoms with van der Waals surface area (Å²) in [5.74, 6) is 2.69. The van der Waals surface area contributed by atoms with Crippen molar-refractivity contribution in [2.45, 2.75) is 39.7 Å². The number of aryl methyl sites for hydroxylation is 3. The van der Waals surface area contributed by atoms with E-state index >= 15 is 0 Å². The fraction of sp³-hybridized carbons (Fsp3) is 0.412. The lowest BCUT2D eigenvalue weighted by atomic mass is 10.2. The molecule has 2 aromatic rings. The molecule has 3 N–H and O–H groups in total. The number of pyridine rings is 1. The Morgan fingerprint density at radius 2 is 2.21 bits per heavy atom. The second kappa shape index (κ2) is 6.82. The van der Waals surface area contributed by atoms with Crippen LogP contribution in [0.2, 0.25) is 0 Å². The largest absolute Gasteiger partial charge is 0.488 e. The van der Waals surface area contributed by atoms with Crippen LogP contribution in [-0.2, 0) is 6.42 Å². The van der Waals surface area contributed by atoms with E-state index in [2.05, 4.69) is 32.2 Å². The minimum atomic E-state index is 0.259. The third-order valence-corrected chi connectivity index (χ3v) is 3.73. The number of ether oxygens (including phenoxy) is 1. The van der Waals surface area contributed by atoms with E-state index < -0.39 is 0 Å². The lowest BCUT2D eigenvalue weighted by Crippen LogP contribution is -2.29. The van der Waals surface area contributed by atoms with Crippen molar-refractivity contribution >= 4 is 17.5 Å². The molecule has 1 atom stereocenters. The molecular formula is C17H22N6O. The summed E-state index contributed by atoms with van der Waals surface area (Å²) < 4.78 is 5.63. The molecule has 7 nitrogen and oxygen atoms in total. The smallest absolute Gasteiger partial charge is 0.175 e. The molecule has 2 aromatic heterocycles. The number of hydrogen-bond donors (Lipinski definition) is 2. The Morgan fingerprint density at radius 1 is 1.38 bits per heavy atom. The van der Waals surface area contributed by atoms with Gasteiger partial charge >= 0.3 is 0 Å². The zero-order valence-corrected chi connectivity index (χ0v) is 14.2. The Kier molecular flexibility index (Phi) is 4.59. The number of rotatable bonds is 4. The number of nitrogens with two attached hydrogens (primary N) is 1. The van der Waals surface area contributed by atoms with Crippen LogP contribution in [0.5, 0.6) is 5.75 Å². The van der Waals surface area contributed by atoms with Gasteiger partial charge in [-0.1, -0.05) is 0 Å². The lowest BCUT2D eigenvalue weighted by molar-refractivity contribution is 0.289. The molecule has 1 unspecified atom stereocenters. The summed E-state index contributed by atoms with van der Waals surface area (Å²) in [6, 6.07) is 4.16. The van der Waals surface area contributed by atoms with Crippen LogP contribution in [0.25, 0.3) is 0 Å². The van der Waals surface area contributed by atoms with Crippen molar-refractivity contribution in [2.24, 2.45) is 10.7 Å². The number of fused-ring (bicyclic) bond motifs is 1. The Labute approximate surface area is 141 Å². The Bertz CT molecular complexity index is 774. The molecule has 0 spiro atoms. The predicted molar refractivity (Wildman–Crippen MR) is 93.9 cm³/mol. The Hall–Kier alpha value is -2.70. The molecular weight excluding hydrogens is 304 g/mol. The maximum Gasteiger partial charge on any atom is 0.175 e. The SMILES string of the molecule is Cc1cnc(C)c(N=C(N)CCc2ccc3c(n2)NC(C)CO3)n1. The van der Waals surface area contributed by atoms with Gasteiger partial charge in [-0.25, -0.2) is 15.0 Å². The third kappa shape index (κ3) is 3.79. The van der Waals surface area contributed by atoms with E-state index in [1.54, 1.807) is 6.20 Å². The first-order valence-electron chi connectivity index (χ1n) is 8.04. The van der Waals surface area contributed by atoms with Crippen LogP contribution in [0, 0.1) is 13.8 Å². The molecule has 7 heteroatoms. The highest BCUT2D eigenvalue weighted by Crippen LogP contribution is 2.27. The van der Waals surface area contributed by atoms with Crippen molar-refractivity contribution in [3.8, 4) is 5.75 Å². The summed E-state index contributed by atoms with van der Waals surface area (Å²) in [7, 11) is 0. The highest BCUT2D eigenvalue weighted by molar-refractivity contribution is 5.83. The number of nitrogens with zero attached hydrogens (tertiary/aromatic N) is 4.